The number of para-hydroxylation sites is 1. The number of hydrogen-bond donors (Lipinski definition) is 1. The molecule has 0 bridgehead atoms. The second kappa shape index (κ2) is 10.1. The summed E-state index contributed by atoms with van der Waals surface area (Å²) in [6, 6.07) is 12.2. The SMILES string of the molecule is COCCCn1c(SCC(=O)Nc2cccc(Cl)c2Cl)nc2ccccc2c1=O. The normalized spacial score (nSPS) is 11.0. The Balaban J connectivity index is 1.80. The Hall–Kier alpha value is -2.06. The zero-order valence-electron chi connectivity index (χ0n) is 15.7. The van der Waals surface area contributed by atoms with Gasteiger partial charge in [-0.1, -0.05) is 53.2 Å². The Kier molecular flexibility index (Phi) is 7.55. The second-order valence-corrected chi connectivity index (χ2v) is 7.88. The minimum absolute atomic E-state index is 0.0674. The van der Waals surface area contributed by atoms with Crippen molar-refractivity contribution >= 4 is 57.5 Å². The summed E-state index contributed by atoms with van der Waals surface area (Å²) in [6.07, 6.45) is 0.661. The summed E-state index contributed by atoms with van der Waals surface area (Å²) in [5, 5.41) is 4.41. The molecule has 0 radical (unpaired) electrons. The number of ether oxygens (including phenoxy) is 1. The molecule has 0 spiro atoms. The molecule has 1 N–H and O–H groups in total. The number of amides is 1. The fourth-order valence-corrected chi connectivity index (χ4v) is 3.91. The van der Waals surface area contributed by atoms with Gasteiger partial charge in [0.15, 0.2) is 5.16 Å². The Bertz CT molecular complexity index is 1090. The summed E-state index contributed by atoms with van der Waals surface area (Å²) < 4.78 is 6.68. The molecule has 2 aromatic carbocycles. The van der Waals surface area contributed by atoms with Gasteiger partial charge in [-0.05, 0) is 30.7 Å². The Morgan fingerprint density at radius 1 is 1.21 bits per heavy atom. The Morgan fingerprint density at radius 2 is 2.00 bits per heavy atom. The molecule has 6 nitrogen and oxygen atoms in total. The predicted molar refractivity (Wildman–Crippen MR) is 118 cm³/mol. The van der Waals surface area contributed by atoms with Gasteiger partial charge in [0.2, 0.25) is 5.91 Å². The number of nitrogens with one attached hydrogen (secondary N) is 1. The van der Waals surface area contributed by atoms with Gasteiger partial charge >= 0.3 is 0 Å². The molecule has 9 heteroatoms. The highest BCUT2D eigenvalue weighted by Crippen LogP contribution is 2.29. The van der Waals surface area contributed by atoms with Crippen LogP contribution in [0.1, 0.15) is 6.42 Å². The molecule has 0 fully saturated rings. The van der Waals surface area contributed by atoms with Crippen LogP contribution in [0.2, 0.25) is 10.0 Å². The van der Waals surface area contributed by atoms with E-state index in [1.807, 2.05) is 6.07 Å². The van der Waals surface area contributed by atoms with Crippen LogP contribution in [-0.4, -0.2) is 34.9 Å². The van der Waals surface area contributed by atoms with Gasteiger partial charge in [0, 0.05) is 20.3 Å². The van der Waals surface area contributed by atoms with Gasteiger partial charge in [-0.25, -0.2) is 4.98 Å². The third-order valence-electron chi connectivity index (χ3n) is 4.11. The highest BCUT2D eigenvalue weighted by molar-refractivity contribution is 7.99. The minimum Gasteiger partial charge on any atom is -0.385 e. The molecule has 0 aliphatic rings. The highest BCUT2D eigenvalue weighted by atomic mass is 35.5. The quantitative estimate of drug-likeness (QED) is 0.310. The number of methoxy groups -OCH3 is 1. The van der Waals surface area contributed by atoms with Crippen LogP contribution in [0.3, 0.4) is 0 Å². The third kappa shape index (κ3) is 5.30. The number of halogens is 2. The molecule has 0 unspecified atom stereocenters. The lowest BCUT2D eigenvalue weighted by atomic mass is 10.2. The maximum atomic E-state index is 12.9. The molecular weight excluding hydrogens is 433 g/mol. The van der Waals surface area contributed by atoms with E-state index in [0.29, 0.717) is 46.3 Å². The van der Waals surface area contributed by atoms with Crippen molar-refractivity contribution in [1.29, 1.82) is 0 Å². The first-order valence-electron chi connectivity index (χ1n) is 8.86. The summed E-state index contributed by atoms with van der Waals surface area (Å²) in [7, 11) is 1.61. The maximum Gasteiger partial charge on any atom is 0.262 e. The summed E-state index contributed by atoms with van der Waals surface area (Å²) in [5.41, 5.74) is 0.905. The molecule has 1 aromatic heterocycles. The fourth-order valence-electron chi connectivity index (χ4n) is 2.74. The average molecular weight is 452 g/mol. The predicted octanol–water partition coefficient (Wildman–Crippen LogP) is 4.47. The monoisotopic (exact) mass is 451 g/mol. The first kappa shape index (κ1) is 21.6. The lowest BCUT2D eigenvalue weighted by Gasteiger charge is -2.13. The number of benzene rings is 2. The highest BCUT2D eigenvalue weighted by Gasteiger charge is 2.14. The van der Waals surface area contributed by atoms with Crippen LogP contribution in [0.25, 0.3) is 10.9 Å². The molecule has 0 aliphatic carbocycles. The van der Waals surface area contributed by atoms with Crippen molar-refractivity contribution in [2.75, 3.05) is 24.8 Å². The van der Waals surface area contributed by atoms with Crippen molar-refractivity contribution in [1.82, 2.24) is 9.55 Å². The van der Waals surface area contributed by atoms with Gasteiger partial charge < -0.3 is 10.1 Å². The molecule has 0 atom stereocenters. The Labute approximate surface area is 182 Å². The van der Waals surface area contributed by atoms with E-state index >= 15 is 0 Å². The standard InChI is InChI=1S/C20H19Cl2N3O3S/c1-28-11-5-10-25-19(27)13-6-2-3-8-15(13)24-20(25)29-12-17(26)23-16-9-4-7-14(21)18(16)22/h2-4,6-9H,5,10-12H2,1H3,(H,23,26). The first-order valence-corrected chi connectivity index (χ1v) is 10.6. The molecule has 0 saturated carbocycles. The number of thioether (sulfide) groups is 1. The molecule has 0 saturated heterocycles. The summed E-state index contributed by atoms with van der Waals surface area (Å²) >= 11 is 13.3. The topological polar surface area (TPSA) is 73.2 Å². The number of carbonyl (C=O) groups excluding carboxylic acids is 1. The largest absolute Gasteiger partial charge is 0.385 e. The van der Waals surface area contributed by atoms with E-state index < -0.39 is 0 Å². The van der Waals surface area contributed by atoms with Crippen molar-refractivity contribution in [3.8, 4) is 0 Å². The van der Waals surface area contributed by atoms with Crippen LogP contribution in [0.4, 0.5) is 5.69 Å². The summed E-state index contributed by atoms with van der Waals surface area (Å²) in [6.45, 7) is 0.978. The smallest absolute Gasteiger partial charge is 0.262 e. The van der Waals surface area contributed by atoms with E-state index in [4.69, 9.17) is 27.9 Å². The maximum absolute atomic E-state index is 12.9. The molecule has 1 heterocycles. The number of rotatable bonds is 8. The van der Waals surface area contributed by atoms with Crippen molar-refractivity contribution in [3.05, 3.63) is 62.9 Å². The van der Waals surface area contributed by atoms with Gasteiger partial charge in [0.25, 0.3) is 5.56 Å². The van der Waals surface area contributed by atoms with Crippen molar-refractivity contribution in [2.45, 2.75) is 18.1 Å². The minimum atomic E-state index is -0.273. The number of anilines is 1. The van der Waals surface area contributed by atoms with Gasteiger partial charge in [0.05, 0.1) is 32.4 Å². The van der Waals surface area contributed by atoms with Crippen molar-refractivity contribution in [2.24, 2.45) is 0 Å². The van der Waals surface area contributed by atoms with Crippen molar-refractivity contribution < 1.29 is 9.53 Å². The Morgan fingerprint density at radius 3 is 2.79 bits per heavy atom. The molecule has 29 heavy (non-hydrogen) atoms. The van der Waals surface area contributed by atoms with E-state index in [2.05, 4.69) is 10.3 Å². The first-order chi connectivity index (χ1) is 14.0. The lowest BCUT2D eigenvalue weighted by Crippen LogP contribution is -2.25. The molecule has 0 aliphatic heterocycles. The molecule has 3 aromatic rings. The molecule has 152 valence electrons. The lowest BCUT2D eigenvalue weighted by molar-refractivity contribution is -0.113. The van der Waals surface area contributed by atoms with Crippen LogP contribution in [-0.2, 0) is 16.1 Å². The van der Waals surface area contributed by atoms with Gasteiger partial charge in [-0.2, -0.15) is 0 Å². The average Bonchev–Trinajstić information content (AvgIpc) is 2.72. The van der Waals surface area contributed by atoms with Crippen LogP contribution < -0.4 is 10.9 Å². The third-order valence-corrected chi connectivity index (χ3v) is 5.91. The summed E-state index contributed by atoms with van der Waals surface area (Å²) in [5.74, 6) is -0.206. The van der Waals surface area contributed by atoms with E-state index in [1.165, 1.54) is 11.8 Å². The second-order valence-electron chi connectivity index (χ2n) is 6.15. The molecule has 3 rings (SSSR count). The number of fused-ring (bicyclic) bond motifs is 1. The zero-order chi connectivity index (χ0) is 20.8. The zero-order valence-corrected chi connectivity index (χ0v) is 18.0. The van der Waals surface area contributed by atoms with Gasteiger partial charge in [0.1, 0.15) is 0 Å². The van der Waals surface area contributed by atoms with E-state index in [0.717, 1.165) is 0 Å². The molecule has 1 amide bonds. The molecular formula is C20H19Cl2N3O3S. The number of aromatic nitrogens is 2. The van der Waals surface area contributed by atoms with Crippen LogP contribution in [0, 0.1) is 0 Å². The van der Waals surface area contributed by atoms with Crippen LogP contribution in [0.5, 0.6) is 0 Å². The van der Waals surface area contributed by atoms with Crippen LogP contribution in [0.15, 0.2) is 52.4 Å². The fraction of sp³-hybridized carbons (Fsp3) is 0.250. The van der Waals surface area contributed by atoms with Gasteiger partial charge in [-0.3, -0.25) is 14.2 Å². The van der Waals surface area contributed by atoms with Crippen molar-refractivity contribution in [3.63, 3.8) is 0 Å². The number of carbonyl (C=O) groups is 1. The van der Waals surface area contributed by atoms with E-state index in [-0.39, 0.29) is 22.2 Å². The summed E-state index contributed by atoms with van der Waals surface area (Å²) in [4.78, 5) is 29.9. The van der Waals surface area contributed by atoms with E-state index in [1.54, 1.807) is 48.1 Å². The number of nitrogens with zero attached hydrogens (tertiary/aromatic N) is 2. The number of hydrogen-bond acceptors (Lipinski definition) is 5. The van der Waals surface area contributed by atoms with E-state index in [9.17, 15) is 9.59 Å². The van der Waals surface area contributed by atoms with Crippen LogP contribution >= 0.6 is 35.0 Å². The van der Waals surface area contributed by atoms with Gasteiger partial charge in [-0.15, -0.1) is 0 Å².